The molecule has 1 rings (SSSR count). The number of benzene rings is 1. The lowest BCUT2D eigenvalue weighted by atomic mass is 10.2. The van der Waals surface area contributed by atoms with E-state index in [1.54, 1.807) is 0 Å². The zero-order valence-corrected chi connectivity index (χ0v) is 12.3. The first-order chi connectivity index (χ1) is 8.54. The molecule has 0 amide bonds. The van der Waals surface area contributed by atoms with Gasteiger partial charge in [0.05, 0.1) is 15.3 Å². The summed E-state index contributed by atoms with van der Waals surface area (Å²) < 4.78 is 10.8. The molecule has 0 fully saturated rings. The number of hydrogen-bond donors (Lipinski definition) is 1. The second kappa shape index (κ2) is 7.47. The minimum absolute atomic E-state index is 0.0256. The van der Waals surface area contributed by atoms with Crippen molar-refractivity contribution in [3.8, 4) is 5.75 Å². The number of esters is 1. The number of aromatic carboxylic acids is 1. The minimum Gasteiger partial charge on any atom is -0.545 e. The lowest BCUT2D eigenvalue weighted by Gasteiger charge is -2.10. The van der Waals surface area contributed by atoms with Gasteiger partial charge in [-0.25, -0.2) is 0 Å². The Morgan fingerprint density at radius 1 is 1.33 bits per heavy atom. The van der Waals surface area contributed by atoms with Crippen molar-refractivity contribution in [1.82, 2.24) is 0 Å². The van der Waals surface area contributed by atoms with E-state index < -0.39 is 11.9 Å². The first-order valence-electron chi connectivity index (χ1n) is 4.94. The van der Waals surface area contributed by atoms with Gasteiger partial charge in [-0.15, -0.1) is 0 Å². The summed E-state index contributed by atoms with van der Waals surface area (Å²) in [4.78, 5) is 21.4. The topological polar surface area (TPSA) is 75.7 Å². The maximum Gasteiger partial charge on any atom is 0.315 e. The Morgan fingerprint density at radius 3 is 2.61 bits per heavy atom. The van der Waals surface area contributed by atoms with E-state index in [-0.39, 0.29) is 24.5 Å². The van der Waals surface area contributed by atoms with Gasteiger partial charge in [-0.2, -0.15) is 12.6 Å². The molecule has 98 valence electrons. The summed E-state index contributed by atoms with van der Waals surface area (Å²) in [7, 11) is 0. The number of carbonyl (C=O) groups excluding carboxylic acids is 2. The second-order valence-corrected chi connectivity index (χ2v) is 4.64. The summed E-state index contributed by atoms with van der Waals surface area (Å²) in [6, 6.07) is 4.38. The van der Waals surface area contributed by atoms with E-state index in [9.17, 15) is 14.7 Å². The highest BCUT2D eigenvalue weighted by atomic mass is 127. The first kappa shape index (κ1) is 15.1. The smallest absolute Gasteiger partial charge is 0.315 e. The van der Waals surface area contributed by atoms with Crippen LogP contribution in [0.2, 0.25) is 0 Å². The SMILES string of the molecule is O=C(CS)OCCOc1ccc(C(=O)[O-])cc1I. The van der Waals surface area contributed by atoms with Gasteiger partial charge in [-0.3, -0.25) is 4.79 Å². The fourth-order valence-electron chi connectivity index (χ4n) is 1.10. The number of carboxylic acid groups (broad SMARTS) is 1. The molecule has 0 aromatic heterocycles. The van der Waals surface area contributed by atoms with Gasteiger partial charge in [0.25, 0.3) is 0 Å². The molecule has 0 aliphatic rings. The van der Waals surface area contributed by atoms with Crippen molar-refractivity contribution in [3.63, 3.8) is 0 Å². The Bertz CT molecular complexity index is 449. The zero-order valence-electron chi connectivity index (χ0n) is 9.22. The molecule has 0 N–H and O–H groups in total. The van der Waals surface area contributed by atoms with Crippen molar-refractivity contribution in [2.75, 3.05) is 19.0 Å². The first-order valence-corrected chi connectivity index (χ1v) is 6.66. The van der Waals surface area contributed by atoms with Crippen molar-refractivity contribution >= 4 is 47.2 Å². The normalized spacial score (nSPS) is 9.89. The van der Waals surface area contributed by atoms with Crippen LogP contribution in [0.25, 0.3) is 0 Å². The van der Waals surface area contributed by atoms with Crippen LogP contribution < -0.4 is 9.84 Å². The van der Waals surface area contributed by atoms with E-state index in [0.29, 0.717) is 9.32 Å². The molecule has 1 aromatic carbocycles. The molecule has 0 aliphatic heterocycles. The van der Waals surface area contributed by atoms with Crippen LogP contribution in [0.1, 0.15) is 10.4 Å². The number of thiol groups is 1. The van der Waals surface area contributed by atoms with Gasteiger partial charge in [0, 0.05) is 0 Å². The van der Waals surface area contributed by atoms with Crippen molar-refractivity contribution in [2.24, 2.45) is 0 Å². The Hall–Kier alpha value is -0.960. The van der Waals surface area contributed by atoms with Crippen LogP contribution in [0.4, 0.5) is 0 Å². The van der Waals surface area contributed by atoms with E-state index in [0.717, 1.165) is 0 Å². The molecule has 0 radical (unpaired) electrons. The Labute approximate surface area is 123 Å². The Balaban J connectivity index is 2.48. The summed E-state index contributed by atoms with van der Waals surface area (Å²) in [5.41, 5.74) is 0.0910. The molecule has 7 heteroatoms. The number of carboxylic acids is 1. The van der Waals surface area contributed by atoms with Crippen LogP contribution in [0.5, 0.6) is 5.75 Å². The van der Waals surface area contributed by atoms with Crippen LogP contribution in [0, 0.1) is 3.57 Å². The predicted molar refractivity (Wildman–Crippen MR) is 73.8 cm³/mol. The highest BCUT2D eigenvalue weighted by Crippen LogP contribution is 2.21. The van der Waals surface area contributed by atoms with Gasteiger partial charge in [-0.1, -0.05) is 0 Å². The second-order valence-electron chi connectivity index (χ2n) is 3.16. The average molecular weight is 381 g/mol. The molecule has 18 heavy (non-hydrogen) atoms. The van der Waals surface area contributed by atoms with Crippen molar-refractivity contribution in [2.45, 2.75) is 0 Å². The van der Waals surface area contributed by atoms with E-state index in [4.69, 9.17) is 9.47 Å². The van der Waals surface area contributed by atoms with Crippen molar-refractivity contribution < 1.29 is 24.2 Å². The lowest BCUT2D eigenvalue weighted by Crippen LogP contribution is -2.22. The summed E-state index contributed by atoms with van der Waals surface area (Å²) in [6.07, 6.45) is 0. The molecule has 0 atom stereocenters. The molecule has 0 aliphatic carbocycles. The third-order valence-corrected chi connectivity index (χ3v) is 3.00. The van der Waals surface area contributed by atoms with Gasteiger partial charge < -0.3 is 19.4 Å². The predicted octanol–water partition coefficient (Wildman–Crippen LogP) is 0.506. The van der Waals surface area contributed by atoms with Crippen LogP contribution >= 0.6 is 35.2 Å². The van der Waals surface area contributed by atoms with Gasteiger partial charge in [-0.05, 0) is 46.4 Å². The van der Waals surface area contributed by atoms with E-state index in [1.165, 1.54) is 18.2 Å². The monoisotopic (exact) mass is 381 g/mol. The molecule has 0 unspecified atom stereocenters. The summed E-state index contributed by atoms with van der Waals surface area (Å²) in [5.74, 6) is -1.09. The number of rotatable bonds is 6. The molecule has 0 saturated heterocycles. The highest BCUT2D eigenvalue weighted by molar-refractivity contribution is 14.1. The highest BCUT2D eigenvalue weighted by Gasteiger charge is 2.04. The van der Waals surface area contributed by atoms with E-state index in [1.807, 2.05) is 22.6 Å². The van der Waals surface area contributed by atoms with Gasteiger partial charge in [0.1, 0.15) is 19.0 Å². The van der Waals surface area contributed by atoms with Gasteiger partial charge >= 0.3 is 5.97 Å². The fraction of sp³-hybridized carbons (Fsp3) is 0.273. The summed E-state index contributed by atoms with van der Waals surface area (Å²) >= 11 is 5.71. The number of hydrogen-bond acceptors (Lipinski definition) is 6. The maximum absolute atomic E-state index is 10.8. The summed E-state index contributed by atoms with van der Waals surface area (Å²) in [5, 5.41) is 10.6. The molecule has 0 saturated carbocycles. The van der Waals surface area contributed by atoms with E-state index >= 15 is 0 Å². The third-order valence-electron chi connectivity index (χ3n) is 1.90. The van der Waals surface area contributed by atoms with Gasteiger partial charge in [0.2, 0.25) is 0 Å². The van der Waals surface area contributed by atoms with Crippen LogP contribution in [0.3, 0.4) is 0 Å². The lowest BCUT2D eigenvalue weighted by molar-refractivity contribution is -0.255. The van der Waals surface area contributed by atoms with Crippen LogP contribution in [-0.4, -0.2) is 30.9 Å². The van der Waals surface area contributed by atoms with Crippen LogP contribution in [0.15, 0.2) is 18.2 Å². The molecule has 0 spiro atoms. The van der Waals surface area contributed by atoms with Crippen molar-refractivity contribution in [3.05, 3.63) is 27.3 Å². The quantitative estimate of drug-likeness (QED) is 0.336. The Morgan fingerprint density at radius 2 is 2.06 bits per heavy atom. The average Bonchev–Trinajstić information content (AvgIpc) is 2.35. The number of ether oxygens (including phenoxy) is 2. The molecule has 0 heterocycles. The summed E-state index contributed by atoms with van der Waals surface area (Å²) in [6.45, 7) is 0.317. The maximum atomic E-state index is 10.8. The molecule has 0 bridgehead atoms. The molecular weight excluding hydrogens is 371 g/mol. The molecular formula is C11H10IO5S-. The standard InChI is InChI=1S/C11H11IO5S/c12-8-5-7(11(14)15)1-2-9(8)16-3-4-17-10(13)6-18/h1-2,5,18H,3-4,6H2,(H,14,15)/p-1. The molecule has 5 nitrogen and oxygen atoms in total. The number of carbonyl (C=O) groups is 2. The fourth-order valence-corrected chi connectivity index (χ4v) is 1.86. The van der Waals surface area contributed by atoms with Gasteiger partial charge in [0.15, 0.2) is 0 Å². The van der Waals surface area contributed by atoms with Crippen LogP contribution in [-0.2, 0) is 9.53 Å². The number of halogens is 1. The largest absolute Gasteiger partial charge is 0.545 e. The molecule has 1 aromatic rings. The third kappa shape index (κ3) is 4.73. The zero-order chi connectivity index (χ0) is 13.5. The minimum atomic E-state index is -1.23. The van der Waals surface area contributed by atoms with Crippen molar-refractivity contribution in [1.29, 1.82) is 0 Å². The van der Waals surface area contributed by atoms with E-state index in [2.05, 4.69) is 12.6 Å². The Kier molecular flexibility index (Phi) is 6.27.